The highest BCUT2D eigenvalue weighted by Gasteiger charge is 2.04. The third-order valence-corrected chi connectivity index (χ3v) is 2.71. The summed E-state index contributed by atoms with van der Waals surface area (Å²) in [6.07, 6.45) is 0.954. The Kier molecular flexibility index (Phi) is 12.2. The second-order valence-electron chi connectivity index (χ2n) is 5.17. The van der Waals surface area contributed by atoms with E-state index in [2.05, 4.69) is 24.7 Å². The molecule has 0 bridgehead atoms. The van der Waals surface area contributed by atoms with Gasteiger partial charge in [0.25, 0.3) is 0 Å². The Bertz CT molecular complexity index is 358. The molecule has 0 aromatic heterocycles. The normalized spacial score (nSPS) is 12.0. The molecular formula is C17H31FN2O. The van der Waals surface area contributed by atoms with Gasteiger partial charge in [-0.25, -0.2) is 4.39 Å². The van der Waals surface area contributed by atoms with Gasteiger partial charge in [-0.3, -0.25) is 10.9 Å². The average Bonchev–Trinajstić information content (AvgIpc) is 2.48. The van der Waals surface area contributed by atoms with Crippen LogP contribution in [0.1, 0.15) is 52.6 Å². The minimum atomic E-state index is -0.201. The van der Waals surface area contributed by atoms with E-state index < -0.39 is 0 Å². The molecule has 0 spiro atoms. The zero-order valence-corrected chi connectivity index (χ0v) is 14.1. The molecule has 0 fully saturated rings. The SMILES string of the molecule is CC.CC(C)COCCCNNC(C)c1cccc(F)c1. The van der Waals surface area contributed by atoms with E-state index in [4.69, 9.17) is 4.74 Å². The van der Waals surface area contributed by atoms with Gasteiger partial charge in [0.05, 0.1) is 0 Å². The first-order valence-corrected chi connectivity index (χ1v) is 7.91. The molecule has 3 nitrogen and oxygen atoms in total. The molecule has 0 amide bonds. The van der Waals surface area contributed by atoms with Gasteiger partial charge >= 0.3 is 0 Å². The number of ether oxygens (including phenoxy) is 1. The molecule has 1 rings (SSSR count). The van der Waals surface area contributed by atoms with Crippen molar-refractivity contribution in [3.05, 3.63) is 35.6 Å². The lowest BCUT2D eigenvalue weighted by Gasteiger charge is -2.15. The summed E-state index contributed by atoms with van der Waals surface area (Å²) in [7, 11) is 0. The van der Waals surface area contributed by atoms with Crippen LogP contribution >= 0.6 is 0 Å². The van der Waals surface area contributed by atoms with E-state index in [1.807, 2.05) is 26.8 Å². The fraction of sp³-hybridized carbons (Fsp3) is 0.647. The van der Waals surface area contributed by atoms with Crippen molar-refractivity contribution in [3.8, 4) is 0 Å². The zero-order chi connectivity index (χ0) is 16.1. The van der Waals surface area contributed by atoms with E-state index >= 15 is 0 Å². The van der Waals surface area contributed by atoms with Crippen molar-refractivity contribution in [1.29, 1.82) is 0 Å². The fourth-order valence-electron chi connectivity index (χ4n) is 1.67. The second kappa shape index (κ2) is 12.7. The van der Waals surface area contributed by atoms with Gasteiger partial charge in [0.2, 0.25) is 0 Å². The lowest BCUT2D eigenvalue weighted by atomic mass is 10.1. The third kappa shape index (κ3) is 10.4. The maximum atomic E-state index is 13.1. The highest BCUT2D eigenvalue weighted by atomic mass is 19.1. The van der Waals surface area contributed by atoms with E-state index in [9.17, 15) is 4.39 Å². The van der Waals surface area contributed by atoms with Gasteiger partial charge < -0.3 is 4.74 Å². The first kappa shape index (κ1) is 20.0. The van der Waals surface area contributed by atoms with Crippen LogP contribution in [0.4, 0.5) is 4.39 Å². The average molecular weight is 298 g/mol. The Morgan fingerprint density at radius 2 is 1.90 bits per heavy atom. The molecule has 1 atom stereocenters. The smallest absolute Gasteiger partial charge is 0.123 e. The van der Waals surface area contributed by atoms with Crippen molar-refractivity contribution in [2.45, 2.75) is 47.1 Å². The van der Waals surface area contributed by atoms with Crippen LogP contribution in [0, 0.1) is 11.7 Å². The summed E-state index contributed by atoms with van der Waals surface area (Å²) in [6.45, 7) is 12.7. The van der Waals surface area contributed by atoms with Gasteiger partial charge in [-0.1, -0.05) is 39.8 Å². The molecule has 0 aliphatic heterocycles. The Morgan fingerprint density at radius 1 is 1.19 bits per heavy atom. The molecule has 1 aromatic rings. The van der Waals surface area contributed by atoms with Gasteiger partial charge in [0.1, 0.15) is 5.82 Å². The van der Waals surface area contributed by atoms with Crippen molar-refractivity contribution in [2.75, 3.05) is 19.8 Å². The standard InChI is InChI=1S/C15H25FN2O.C2H6/c1-12(2)11-19-9-5-8-17-18-13(3)14-6-4-7-15(16)10-14;1-2/h4,6-7,10,12-13,17-18H,5,8-9,11H2,1-3H3;1-2H3. The molecule has 1 unspecified atom stereocenters. The van der Waals surface area contributed by atoms with Crippen LogP contribution in [-0.4, -0.2) is 19.8 Å². The quantitative estimate of drug-likeness (QED) is 0.532. The summed E-state index contributed by atoms with van der Waals surface area (Å²) in [5, 5.41) is 0. The number of hydrazine groups is 1. The molecule has 0 heterocycles. The summed E-state index contributed by atoms with van der Waals surface area (Å²) < 4.78 is 18.5. The van der Waals surface area contributed by atoms with Crippen molar-refractivity contribution in [2.24, 2.45) is 5.92 Å². The summed E-state index contributed by atoms with van der Waals surface area (Å²) >= 11 is 0. The number of hydrogen-bond donors (Lipinski definition) is 2. The number of halogens is 1. The Labute approximate surface area is 129 Å². The van der Waals surface area contributed by atoms with E-state index in [0.717, 1.165) is 31.7 Å². The van der Waals surface area contributed by atoms with Crippen molar-refractivity contribution in [3.63, 3.8) is 0 Å². The highest BCUT2D eigenvalue weighted by molar-refractivity contribution is 5.19. The minimum Gasteiger partial charge on any atom is -0.381 e. The van der Waals surface area contributed by atoms with Gasteiger partial charge in [0, 0.05) is 25.8 Å². The molecule has 0 aliphatic carbocycles. The van der Waals surface area contributed by atoms with Crippen LogP contribution in [-0.2, 0) is 4.74 Å². The van der Waals surface area contributed by atoms with Crippen LogP contribution in [0.15, 0.2) is 24.3 Å². The lowest BCUT2D eigenvalue weighted by Crippen LogP contribution is -2.35. The van der Waals surface area contributed by atoms with E-state index in [-0.39, 0.29) is 11.9 Å². The van der Waals surface area contributed by atoms with E-state index in [0.29, 0.717) is 5.92 Å². The van der Waals surface area contributed by atoms with Gasteiger partial charge in [0.15, 0.2) is 0 Å². The lowest BCUT2D eigenvalue weighted by molar-refractivity contribution is 0.107. The molecule has 4 heteroatoms. The van der Waals surface area contributed by atoms with Crippen molar-refractivity contribution < 1.29 is 9.13 Å². The second-order valence-corrected chi connectivity index (χ2v) is 5.17. The maximum Gasteiger partial charge on any atom is 0.123 e. The zero-order valence-electron chi connectivity index (χ0n) is 14.1. The first-order valence-electron chi connectivity index (χ1n) is 7.91. The summed E-state index contributed by atoms with van der Waals surface area (Å²) in [5.41, 5.74) is 7.23. The fourth-order valence-corrected chi connectivity index (χ4v) is 1.67. The van der Waals surface area contributed by atoms with Gasteiger partial charge in [-0.05, 0) is 37.0 Å². The number of nitrogens with one attached hydrogen (secondary N) is 2. The molecule has 2 N–H and O–H groups in total. The van der Waals surface area contributed by atoms with Crippen LogP contribution in [0.3, 0.4) is 0 Å². The predicted molar refractivity (Wildman–Crippen MR) is 87.6 cm³/mol. The van der Waals surface area contributed by atoms with Gasteiger partial charge in [-0.2, -0.15) is 0 Å². The topological polar surface area (TPSA) is 33.3 Å². The van der Waals surface area contributed by atoms with E-state index in [1.165, 1.54) is 6.07 Å². The first-order chi connectivity index (χ1) is 10.1. The summed E-state index contributed by atoms with van der Waals surface area (Å²) in [4.78, 5) is 0. The van der Waals surface area contributed by atoms with Crippen molar-refractivity contribution in [1.82, 2.24) is 10.9 Å². The Morgan fingerprint density at radius 3 is 2.52 bits per heavy atom. The molecule has 0 saturated carbocycles. The molecule has 0 saturated heterocycles. The van der Waals surface area contributed by atoms with Crippen LogP contribution < -0.4 is 10.9 Å². The van der Waals surface area contributed by atoms with Crippen LogP contribution in [0.2, 0.25) is 0 Å². The predicted octanol–water partition coefficient (Wildman–Crippen LogP) is 4.07. The maximum absolute atomic E-state index is 13.1. The van der Waals surface area contributed by atoms with Crippen LogP contribution in [0.25, 0.3) is 0 Å². The number of benzene rings is 1. The molecular weight excluding hydrogens is 267 g/mol. The summed E-state index contributed by atoms with van der Waals surface area (Å²) in [5.74, 6) is 0.382. The minimum absolute atomic E-state index is 0.0762. The van der Waals surface area contributed by atoms with Gasteiger partial charge in [-0.15, -0.1) is 0 Å². The molecule has 122 valence electrons. The van der Waals surface area contributed by atoms with Crippen LogP contribution in [0.5, 0.6) is 0 Å². The Hall–Kier alpha value is -0.970. The highest BCUT2D eigenvalue weighted by Crippen LogP contribution is 2.12. The molecule has 0 radical (unpaired) electrons. The molecule has 1 aromatic carbocycles. The third-order valence-electron chi connectivity index (χ3n) is 2.71. The van der Waals surface area contributed by atoms with E-state index in [1.54, 1.807) is 12.1 Å². The molecule has 21 heavy (non-hydrogen) atoms. The van der Waals surface area contributed by atoms with Crippen molar-refractivity contribution >= 4 is 0 Å². The summed E-state index contributed by atoms with van der Waals surface area (Å²) in [6, 6.07) is 6.71. The number of hydrogen-bond acceptors (Lipinski definition) is 3. The molecule has 0 aliphatic rings. The largest absolute Gasteiger partial charge is 0.381 e. The number of rotatable bonds is 9. The monoisotopic (exact) mass is 298 g/mol. The Balaban J connectivity index is 0.00000191.